The van der Waals surface area contributed by atoms with Crippen molar-refractivity contribution in [3.05, 3.63) is 66.0 Å². The molecule has 0 radical (unpaired) electrons. The molecule has 2 aromatic carbocycles. The summed E-state index contributed by atoms with van der Waals surface area (Å²) in [7, 11) is -3.85. The van der Waals surface area contributed by atoms with E-state index in [1.165, 1.54) is 22.5 Å². The molecule has 9 heteroatoms. The molecule has 1 aliphatic rings. The maximum atomic E-state index is 13.5. The largest absolute Gasteiger partial charge is 0.341 e. The SMILES string of the molecule is CC(C)CC(=O)NC(C(=O)N1CCN(S(=O)(=O)c2cccc(F)c2)CC1)c1ccccc1. The third-order valence-corrected chi connectivity index (χ3v) is 7.16. The van der Waals surface area contributed by atoms with E-state index < -0.39 is 21.9 Å². The van der Waals surface area contributed by atoms with Crippen molar-refractivity contribution < 1.29 is 22.4 Å². The van der Waals surface area contributed by atoms with Gasteiger partial charge < -0.3 is 10.2 Å². The second-order valence-electron chi connectivity index (χ2n) is 8.20. The molecule has 1 saturated heterocycles. The van der Waals surface area contributed by atoms with E-state index in [1.54, 1.807) is 29.2 Å². The molecule has 0 saturated carbocycles. The minimum atomic E-state index is -3.85. The molecule has 3 rings (SSSR count). The van der Waals surface area contributed by atoms with Gasteiger partial charge in [-0.05, 0) is 29.7 Å². The van der Waals surface area contributed by atoms with E-state index in [0.717, 1.165) is 6.07 Å². The zero-order valence-electron chi connectivity index (χ0n) is 18.2. The van der Waals surface area contributed by atoms with Crippen molar-refractivity contribution in [1.82, 2.24) is 14.5 Å². The van der Waals surface area contributed by atoms with Gasteiger partial charge in [0.1, 0.15) is 11.9 Å². The lowest BCUT2D eigenvalue weighted by atomic mass is 10.0. The number of sulfonamides is 1. The molecule has 0 bridgehead atoms. The third kappa shape index (κ3) is 5.72. The van der Waals surface area contributed by atoms with Crippen molar-refractivity contribution in [2.75, 3.05) is 26.2 Å². The predicted molar refractivity (Wildman–Crippen MR) is 119 cm³/mol. The van der Waals surface area contributed by atoms with Gasteiger partial charge in [-0.15, -0.1) is 0 Å². The Labute approximate surface area is 188 Å². The summed E-state index contributed by atoms with van der Waals surface area (Å²) in [5.74, 6) is -0.966. The van der Waals surface area contributed by atoms with E-state index in [0.29, 0.717) is 12.0 Å². The molecule has 1 unspecified atom stereocenters. The monoisotopic (exact) mass is 461 g/mol. The topological polar surface area (TPSA) is 86.8 Å². The van der Waals surface area contributed by atoms with Gasteiger partial charge in [0.05, 0.1) is 4.90 Å². The number of nitrogens with one attached hydrogen (secondary N) is 1. The van der Waals surface area contributed by atoms with Gasteiger partial charge in [0, 0.05) is 32.6 Å². The number of carbonyl (C=O) groups excluding carboxylic acids is 2. The highest BCUT2D eigenvalue weighted by molar-refractivity contribution is 7.89. The lowest BCUT2D eigenvalue weighted by molar-refractivity contribution is -0.137. The highest BCUT2D eigenvalue weighted by Crippen LogP contribution is 2.21. The first-order chi connectivity index (χ1) is 15.2. The molecule has 7 nitrogen and oxygen atoms in total. The van der Waals surface area contributed by atoms with Crippen molar-refractivity contribution in [2.24, 2.45) is 5.92 Å². The Bertz CT molecular complexity index is 1050. The van der Waals surface area contributed by atoms with Gasteiger partial charge >= 0.3 is 0 Å². The summed E-state index contributed by atoms with van der Waals surface area (Å²) in [6.07, 6.45) is 0.302. The molecule has 1 N–H and O–H groups in total. The Morgan fingerprint density at radius 3 is 2.25 bits per heavy atom. The van der Waals surface area contributed by atoms with E-state index >= 15 is 0 Å². The average Bonchev–Trinajstić information content (AvgIpc) is 2.77. The van der Waals surface area contributed by atoms with E-state index in [-0.39, 0.29) is 48.8 Å². The van der Waals surface area contributed by atoms with Crippen LogP contribution in [0.4, 0.5) is 4.39 Å². The number of benzene rings is 2. The molecule has 0 aliphatic carbocycles. The lowest BCUT2D eigenvalue weighted by Crippen LogP contribution is -2.53. The second-order valence-corrected chi connectivity index (χ2v) is 10.1. The fraction of sp³-hybridized carbons (Fsp3) is 0.391. The Morgan fingerprint density at radius 2 is 1.66 bits per heavy atom. The molecule has 1 heterocycles. The highest BCUT2D eigenvalue weighted by Gasteiger charge is 2.33. The Morgan fingerprint density at radius 1 is 1.00 bits per heavy atom. The molecular weight excluding hydrogens is 433 g/mol. The van der Waals surface area contributed by atoms with Gasteiger partial charge in [-0.3, -0.25) is 9.59 Å². The van der Waals surface area contributed by atoms with Crippen LogP contribution in [0.15, 0.2) is 59.5 Å². The fourth-order valence-electron chi connectivity index (χ4n) is 3.63. The normalized spacial score (nSPS) is 16.1. The van der Waals surface area contributed by atoms with Crippen molar-refractivity contribution in [2.45, 2.75) is 31.2 Å². The molecule has 32 heavy (non-hydrogen) atoms. The van der Waals surface area contributed by atoms with Crippen LogP contribution in [0.5, 0.6) is 0 Å². The van der Waals surface area contributed by atoms with E-state index in [4.69, 9.17) is 0 Å². The summed E-state index contributed by atoms with van der Waals surface area (Å²) in [6, 6.07) is 13.0. The lowest BCUT2D eigenvalue weighted by Gasteiger charge is -2.36. The number of hydrogen-bond donors (Lipinski definition) is 1. The number of amides is 2. The molecule has 0 aromatic heterocycles. The second kappa shape index (κ2) is 10.2. The summed E-state index contributed by atoms with van der Waals surface area (Å²) in [5, 5.41) is 2.83. The van der Waals surface area contributed by atoms with Gasteiger partial charge in [-0.2, -0.15) is 4.31 Å². The molecule has 1 aliphatic heterocycles. The van der Waals surface area contributed by atoms with Crippen LogP contribution in [-0.4, -0.2) is 55.6 Å². The molecule has 2 aromatic rings. The molecule has 0 spiro atoms. The van der Waals surface area contributed by atoms with Gasteiger partial charge in [-0.25, -0.2) is 12.8 Å². The highest BCUT2D eigenvalue weighted by atomic mass is 32.2. The van der Waals surface area contributed by atoms with E-state index in [9.17, 15) is 22.4 Å². The zero-order chi connectivity index (χ0) is 23.3. The number of hydrogen-bond acceptors (Lipinski definition) is 4. The predicted octanol–water partition coefficient (Wildman–Crippen LogP) is 2.56. The van der Waals surface area contributed by atoms with Gasteiger partial charge in [0.15, 0.2) is 0 Å². The number of nitrogens with zero attached hydrogens (tertiary/aromatic N) is 2. The van der Waals surface area contributed by atoms with Crippen LogP contribution < -0.4 is 5.32 Å². The van der Waals surface area contributed by atoms with Gasteiger partial charge in [-0.1, -0.05) is 50.2 Å². The van der Waals surface area contributed by atoms with Crippen LogP contribution >= 0.6 is 0 Å². The fourth-order valence-corrected chi connectivity index (χ4v) is 5.09. The van der Waals surface area contributed by atoms with Crippen LogP contribution in [-0.2, 0) is 19.6 Å². The van der Waals surface area contributed by atoms with E-state index in [2.05, 4.69) is 5.32 Å². The number of piperazine rings is 1. The molecular formula is C23H28FN3O4S. The quantitative estimate of drug-likeness (QED) is 0.687. The van der Waals surface area contributed by atoms with Crippen molar-refractivity contribution in [3.63, 3.8) is 0 Å². The van der Waals surface area contributed by atoms with Crippen LogP contribution in [0.2, 0.25) is 0 Å². The maximum absolute atomic E-state index is 13.5. The summed E-state index contributed by atoms with van der Waals surface area (Å²) >= 11 is 0. The van der Waals surface area contributed by atoms with E-state index in [1.807, 2.05) is 19.9 Å². The van der Waals surface area contributed by atoms with Crippen molar-refractivity contribution in [3.8, 4) is 0 Å². The van der Waals surface area contributed by atoms with Gasteiger partial charge in [0.2, 0.25) is 21.8 Å². The van der Waals surface area contributed by atoms with Gasteiger partial charge in [0.25, 0.3) is 0 Å². The number of rotatable bonds is 7. The Balaban J connectivity index is 1.72. The Hall–Kier alpha value is -2.78. The first-order valence-electron chi connectivity index (χ1n) is 10.6. The van der Waals surface area contributed by atoms with Crippen LogP contribution in [0, 0.1) is 11.7 Å². The van der Waals surface area contributed by atoms with Crippen LogP contribution in [0.25, 0.3) is 0 Å². The average molecular weight is 462 g/mol. The minimum absolute atomic E-state index is 0.0893. The first kappa shape index (κ1) is 23.9. The van der Waals surface area contributed by atoms with Crippen molar-refractivity contribution >= 4 is 21.8 Å². The molecule has 2 amide bonds. The Kier molecular flexibility index (Phi) is 7.63. The molecule has 1 fully saturated rings. The van der Waals surface area contributed by atoms with Crippen LogP contribution in [0.3, 0.4) is 0 Å². The molecule has 1 atom stereocenters. The summed E-state index contributed by atoms with van der Waals surface area (Å²) in [5.41, 5.74) is 0.671. The summed E-state index contributed by atoms with van der Waals surface area (Å²) in [4.78, 5) is 27.1. The summed E-state index contributed by atoms with van der Waals surface area (Å²) in [6.45, 7) is 4.39. The third-order valence-electron chi connectivity index (χ3n) is 5.26. The smallest absolute Gasteiger partial charge is 0.249 e. The minimum Gasteiger partial charge on any atom is -0.341 e. The summed E-state index contributed by atoms with van der Waals surface area (Å²) < 4.78 is 40.4. The zero-order valence-corrected chi connectivity index (χ0v) is 19.0. The maximum Gasteiger partial charge on any atom is 0.249 e. The number of carbonyl (C=O) groups is 2. The first-order valence-corrected chi connectivity index (χ1v) is 12.0. The molecule has 172 valence electrons. The van der Waals surface area contributed by atoms with Crippen molar-refractivity contribution in [1.29, 1.82) is 0 Å². The number of halogens is 1. The van der Waals surface area contributed by atoms with Crippen LogP contribution in [0.1, 0.15) is 31.9 Å². The standard InChI is InChI=1S/C23H28FN3O4S/c1-17(2)15-21(28)25-22(18-7-4-3-5-8-18)23(29)26-11-13-27(14-12-26)32(30,31)20-10-6-9-19(24)16-20/h3-10,16-17,22H,11-15H2,1-2H3,(H,25,28).